The molecule has 0 aliphatic rings. The van der Waals surface area contributed by atoms with Crippen molar-refractivity contribution in [2.45, 2.75) is 53.1 Å². The summed E-state index contributed by atoms with van der Waals surface area (Å²) in [5, 5.41) is 10.4. The van der Waals surface area contributed by atoms with Crippen LogP contribution in [0.15, 0.2) is 4.99 Å². The Morgan fingerprint density at radius 3 is 2.14 bits per heavy atom. The monoisotopic (exact) mass is 350 g/mol. The minimum absolute atomic E-state index is 0. The molecule has 0 saturated carbocycles. The molecule has 1 radical (unpaired) electrons. The molecule has 0 saturated heterocycles. The SMILES string of the molecule is CCCC(O)(C(C)=NCC)C(C)C.[Ho]. The number of hydrogen-bond acceptors (Lipinski definition) is 2. The van der Waals surface area contributed by atoms with Crippen molar-refractivity contribution < 1.29 is 42.8 Å². The molecule has 3 heteroatoms. The van der Waals surface area contributed by atoms with Gasteiger partial charge in [-0.2, -0.15) is 0 Å². The molecule has 0 aliphatic carbocycles. The van der Waals surface area contributed by atoms with Crippen LogP contribution in [0.25, 0.3) is 0 Å². The van der Waals surface area contributed by atoms with Gasteiger partial charge in [0, 0.05) is 50.0 Å². The Hall–Kier alpha value is 0.890. The molecule has 14 heavy (non-hydrogen) atoms. The second-order valence-corrected chi connectivity index (χ2v) is 3.89. The molecule has 0 spiro atoms. The summed E-state index contributed by atoms with van der Waals surface area (Å²) >= 11 is 0. The van der Waals surface area contributed by atoms with Crippen molar-refractivity contribution >= 4 is 5.71 Å². The van der Waals surface area contributed by atoms with Gasteiger partial charge in [0.25, 0.3) is 0 Å². The van der Waals surface area contributed by atoms with E-state index in [1.807, 2.05) is 27.7 Å². The number of rotatable bonds is 5. The molecule has 0 aromatic heterocycles. The molecule has 0 aromatic carbocycles. The van der Waals surface area contributed by atoms with Crippen LogP contribution < -0.4 is 0 Å². The summed E-state index contributed by atoms with van der Waals surface area (Å²) in [4.78, 5) is 4.30. The van der Waals surface area contributed by atoms with E-state index in [1.54, 1.807) is 0 Å². The second kappa shape index (κ2) is 8.09. The summed E-state index contributed by atoms with van der Waals surface area (Å²) in [5.74, 6) is 0.239. The summed E-state index contributed by atoms with van der Waals surface area (Å²) in [5.41, 5.74) is 0.192. The average Bonchev–Trinajstić information content (AvgIpc) is 2.04. The zero-order chi connectivity index (χ0) is 10.5. The molecule has 0 aliphatic heterocycles. The van der Waals surface area contributed by atoms with Gasteiger partial charge in [-0.25, -0.2) is 0 Å². The van der Waals surface area contributed by atoms with Crippen LogP contribution in [0.5, 0.6) is 0 Å². The third-order valence-electron chi connectivity index (χ3n) is 2.61. The number of aliphatic imine (C=N–C) groups is 1. The van der Waals surface area contributed by atoms with Crippen LogP contribution in [-0.4, -0.2) is 23.0 Å². The first-order valence-corrected chi connectivity index (χ1v) is 5.22. The van der Waals surface area contributed by atoms with Gasteiger partial charge >= 0.3 is 0 Å². The van der Waals surface area contributed by atoms with Gasteiger partial charge in [-0.3, -0.25) is 4.99 Å². The van der Waals surface area contributed by atoms with E-state index < -0.39 is 5.60 Å². The van der Waals surface area contributed by atoms with Gasteiger partial charge in [-0.05, 0) is 26.2 Å². The minimum atomic E-state index is -0.690. The van der Waals surface area contributed by atoms with E-state index in [4.69, 9.17) is 0 Å². The van der Waals surface area contributed by atoms with Crippen LogP contribution in [0.2, 0.25) is 0 Å². The third kappa shape index (κ3) is 4.61. The van der Waals surface area contributed by atoms with Crippen molar-refractivity contribution in [1.29, 1.82) is 0 Å². The van der Waals surface area contributed by atoms with Crippen LogP contribution in [0.3, 0.4) is 0 Å². The Morgan fingerprint density at radius 2 is 1.86 bits per heavy atom. The van der Waals surface area contributed by atoms with Gasteiger partial charge in [-0.1, -0.05) is 27.2 Å². The number of nitrogens with zero attached hydrogens (tertiary/aromatic N) is 1. The van der Waals surface area contributed by atoms with Gasteiger partial charge in [0.1, 0.15) is 5.60 Å². The van der Waals surface area contributed by atoms with Crippen LogP contribution in [0, 0.1) is 43.7 Å². The zero-order valence-electron chi connectivity index (χ0n) is 9.89. The summed E-state index contributed by atoms with van der Waals surface area (Å²) in [6.45, 7) is 10.9. The molecule has 0 fully saturated rings. The van der Waals surface area contributed by atoms with Gasteiger partial charge in [0.05, 0.1) is 0 Å². The van der Waals surface area contributed by atoms with Gasteiger partial charge in [0.15, 0.2) is 0 Å². The van der Waals surface area contributed by atoms with Crippen LogP contribution in [-0.2, 0) is 0 Å². The maximum atomic E-state index is 10.4. The fourth-order valence-corrected chi connectivity index (χ4v) is 1.64. The molecule has 1 unspecified atom stereocenters. The molecule has 1 atom stereocenters. The Bertz CT molecular complexity index is 180. The molecule has 2 nitrogen and oxygen atoms in total. The third-order valence-corrected chi connectivity index (χ3v) is 2.61. The summed E-state index contributed by atoms with van der Waals surface area (Å²) in [7, 11) is 0. The number of hydrogen-bond donors (Lipinski definition) is 1. The largest absolute Gasteiger partial charge is 0.384 e. The van der Waals surface area contributed by atoms with Crippen LogP contribution in [0.4, 0.5) is 0 Å². The van der Waals surface area contributed by atoms with E-state index in [1.165, 1.54) is 0 Å². The van der Waals surface area contributed by atoms with E-state index in [9.17, 15) is 5.11 Å². The maximum Gasteiger partial charge on any atom is 0.104 e. The molecule has 0 heterocycles. The van der Waals surface area contributed by atoms with Gasteiger partial charge in [-0.15, -0.1) is 0 Å². The molecule has 1 N–H and O–H groups in total. The molecular formula is C11H23HoNO. The summed E-state index contributed by atoms with van der Waals surface area (Å²) in [6.07, 6.45) is 1.80. The van der Waals surface area contributed by atoms with E-state index >= 15 is 0 Å². The topological polar surface area (TPSA) is 32.6 Å². The Kier molecular flexibility index (Phi) is 9.99. The molecular weight excluding hydrogens is 327 g/mol. The standard InChI is InChI=1S/C11H23NO.Ho/c1-6-8-11(13,9(3)4)10(5)12-7-2;/h9,13H,6-8H2,1-5H3;. The van der Waals surface area contributed by atoms with Crippen molar-refractivity contribution in [3.8, 4) is 0 Å². The molecule has 0 amide bonds. The fraction of sp³-hybridized carbons (Fsp3) is 0.909. The maximum absolute atomic E-state index is 10.4. The van der Waals surface area contributed by atoms with E-state index in [-0.39, 0.29) is 43.7 Å². The Balaban J connectivity index is 0. The van der Waals surface area contributed by atoms with Gasteiger partial charge < -0.3 is 5.11 Å². The number of aliphatic hydroxyl groups is 1. The fourth-order valence-electron chi connectivity index (χ4n) is 1.64. The Labute approximate surface area is 118 Å². The van der Waals surface area contributed by atoms with Crippen molar-refractivity contribution in [2.75, 3.05) is 6.54 Å². The molecule has 89 valence electrons. The van der Waals surface area contributed by atoms with Crippen molar-refractivity contribution in [3.05, 3.63) is 0 Å². The normalized spacial score (nSPS) is 16.4. The van der Waals surface area contributed by atoms with Crippen molar-refractivity contribution in [3.63, 3.8) is 0 Å². The van der Waals surface area contributed by atoms with Crippen molar-refractivity contribution in [1.82, 2.24) is 0 Å². The predicted molar refractivity (Wildman–Crippen MR) is 58.3 cm³/mol. The average molecular weight is 350 g/mol. The predicted octanol–water partition coefficient (Wildman–Crippen LogP) is 2.65. The van der Waals surface area contributed by atoms with Gasteiger partial charge in [0.2, 0.25) is 0 Å². The molecule has 0 rings (SSSR count). The zero-order valence-corrected chi connectivity index (χ0v) is 11.8. The minimum Gasteiger partial charge on any atom is -0.384 e. The first kappa shape index (κ1) is 17.3. The first-order chi connectivity index (χ1) is 5.99. The summed E-state index contributed by atoms with van der Waals surface area (Å²) < 4.78 is 0. The van der Waals surface area contributed by atoms with Crippen molar-refractivity contribution in [2.24, 2.45) is 10.9 Å². The smallest absolute Gasteiger partial charge is 0.104 e. The van der Waals surface area contributed by atoms with E-state index in [2.05, 4.69) is 11.9 Å². The molecule has 0 bridgehead atoms. The summed E-state index contributed by atoms with van der Waals surface area (Å²) in [6, 6.07) is 0. The van der Waals surface area contributed by atoms with E-state index in [0.717, 1.165) is 25.1 Å². The first-order valence-electron chi connectivity index (χ1n) is 5.22. The second-order valence-electron chi connectivity index (χ2n) is 3.89. The molecule has 0 aromatic rings. The van der Waals surface area contributed by atoms with E-state index in [0.29, 0.717) is 0 Å². The van der Waals surface area contributed by atoms with Crippen LogP contribution >= 0.6 is 0 Å². The van der Waals surface area contributed by atoms with Crippen LogP contribution in [0.1, 0.15) is 47.5 Å². The Morgan fingerprint density at radius 1 is 1.36 bits per heavy atom. The quantitative estimate of drug-likeness (QED) is 0.600.